The average molecular weight is 376 g/mol. The molecule has 144 valence electrons. The first kappa shape index (κ1) is 19.6. The number of rotatable bonds is 8. The van der Waals surface area contributed by atoms with Gasteiger partial charge in [0.15, 0.2) is 0 Å². The van der Waals surface area contributed by atoms with Crippen LogP contribution in [0.4, 0.5) is 0 Å². The van der Waals surface area contributed by atoms with E-state index in [2.05, 4.69) is 35.4 Å². The predicted octanol–water partition coefficient (Wildman–Crippen LogP) is 3.40. The molecule has 3 rings (SSSR count). The molecule has 28 heavy (non-hydrogen) atoms. The monoisotopic (exact) mass is 376 g/mol. The molecule has 2 N–H and O–H groups in total. The minimum atomic E-state index is -0.221. The summed E-state index contributed by atoms with van der Waals surface area (Å²) in [5.74, 6) is 0.335. The van der Waals surface area contributed by atoms with E-state index in [1.165, 1.54) is 11.1 Å². The molecule has 1 aromatic heterocycles. The van der Waals surface area contributed by atoms with Gasteiger partial charge in [0.1, 0.15) is 0 Å². The number of aromatic nitrogens is 1. The third kappa shape index (κ3) is 5.41. The maximum absolute atomic E-state index is 12.1. The minimum Gasteiger partial charge on any atom is -0.477 e. The van der Waals surface area contributed by atoms with Gasteiger partial charge in [0.25, 0.3) is 5.91 Å². The summed E-state index contributed by atoms with van der Waals surface area (Å²) in [4.78, 5) is 16.6. The van der Waals surface area contributed by atoms with E-state index < -0.39 is 0 Å². The molecule has 0 atom stereocenters. The summed E-state index contributed by atoms with van der Waals surface area (Å²) >= 11 is 0. The number of benzene rings is 2. The van der Waals surface area contributed by atoms with Crippen molar-refractivity contribution >= 4 is 5.91 Å². The van der Waals surface area contributed by atoms with Crippen LogP contribution in [-0.4, -0.2) is 35.8 Å². The first-order valence-corrected chi connectivity index (χ1v) is 9.30. The number of carbonyl (C=O) groups excluding carboxylic acids is 1. The second kappa shape index (κ2) is 9.67. The Balaban J connectivity index is 1.66. The molecule has 5 heteroatoms. The lowest BCUT2D eigenvalue weighted by Crippen LogP contribution is -2.26. The van der Waals surface area contributed by atoms with Crippen LogP contribution < -0.4 is 10.1 Å². The minimum absolute atomic E-state index is 0.0884. The van der Waals surface area contributed by atoms with Crippen molar-refractivity contribution in [1.29, 1.82) is 0 Å². The summed E-state index contributed by atoms with van der Waals surface area (Å²) in [6.07, 6.45) is 0.814. The fourth-order valence-electron chi connectivity index (χ4n) is 2.89. The quantitative estimate of drug-likeness (QED) is 0.632. The highest BCUT2D eigenvalue weighted by Gasteiger charge is 2.08. The van der Waals surface area contributed by atoms with Crippen molar-refractivity contribution in [3.05, 3.63) is 83.4 Å². The highest BCUT2D eigenvalue weighted by Crippen LogP contribution is 2.21. The maximum Gasteiger partial charge on any atom is 0.251 e. The average Bonchev–Trinajstić information content (AvgIpc) is 2.72. The molecule has 0 aliphatic heterocycles. The normalized spacial score (nSPS) is 10.5. The summed E-state index contributed by atoms with van der Waals surface area (Å²) in [7, 11) is 0. The van der Waals surface area contributed by atoms with Gasteiger partial charge in [-0.25, -0.2) is 4.98 Å². The molecular formula is C23H24N2O3. The number of aliphatic hydroxyl groups is 1. The number of hydrogen-bond acceptors (Lipinski definition) is 4. The predicted molar refractivity (Wildman–Crippen MR) is 109 cm³/mol. The van der Waals surface area contributed by atoms with Crippen molar-refractivity contribution in [3.63, 3.8) is 0 Å². The Labute approximate surface area is 165 Å². The number of pyridine rings is 1. The fourth-order valence-corrected chi connectivity index (χ4v) is 2.89. The topological polar surface area (TPSA) is 71.5 Å². The molecule has 0 unspecified atom stereocenters. The number of aliphatic hydroxyl groups excluding tert-OH is 1. The molecule has 0 aliphatic carbocycles. The number of hydrogen-bond donors (Lipinski definition) is 2. The Morgan fingerprint density at radius 1 is 1.07 bits per heavy atom. The fraction of sp³-hybridized carbons (Fsp3) is 0.217. The largest absolute Gasteiger partial charge is 0.477 e. The highest BCUT2D eigenvalue weighted by molar-refractivity contribution is 5.95. The molecule has 0 radical (unpaired) electrons. The second-order valence-electron chi connectivity index (χ2n) is 6.51. The van der Waals surface area contributed by atoms with Crippen LogP contribution in [0.1, 0.15) is 21.5 Å². The van der Waals surface area contributed by atoms with Gasteiger partial charge in [-0.2, -0.15) is 0 Å². The molecule has 1 heterocycles. The van der Waals surface area contributed by atoms with Crippen molar-refractivity contribution in [3.8, 4) is 17.1 Å². The maximum atomic E-state index is 12.1. The van der Waals surface area contributed by atoms with E-state index in [0.29, 0.717) is 18.1 Å². The van der Waals surface area contributed by atoms with Gasteiger partial charge in [-0.05, 0) is 30.7 Å². The molecule has 1 amide bonds. The van der Waals surface area contributed by atoms with Gasteiger partial charge in [-0.15, -0.1) is 0 Å². The van der Waals surface area contributed by atoms with Crippen LogP contribution in [0, 0.1) is 6.92 Å². The van der Waals surface area contributed by atoms with Crippen LogP contribution in [0.3, 0.4) is 0 Å². The summed E-state index contributed by atoms with van der Waals surface area (Å²) in [5, 5.41) is 11.5. The van der Waals surface area contributed by atoms with Crippen molar-refractivity contribution < 1.29 is 14.6 Å². The standard InChI is InChI=1S/C23H24N2O3/c1-17-5-2-6-18(15-17)11-14-28-22-10-4-9-21(25-22)19-7-3-8-20(16-19)23(27)24-12-13-26/h2-10,15-16,26H,11-14H2,1H3,(H,24,27). The Morgan fingerprint density at radius 2 is 1.89 bits per heavy atom. The molecule has 3 aromatic rings. The summed E-state index contributed by atoms with van der Waals surface area (Å²) < 4.78 is 5.82. The zero-order chi connectivity index (χ0) is 19.8. The molecular weight excluding hydrogens is 352 g/mol. The second-order valence-corrected chi connectivity index (χ2v) is 6.51. The van der Waals surface area contributed by atoms with E-state index >= 15 is 0 Å². The number of aryl methyl sites for hydroxylation is 1. The van der Waals surface area contributed by atoms with Gasteiger partial charge < -0.3 is 15.2 Å². The van der Waals surface area contributed by atoms with Gasteiger partial charge in [0, 0.05) is 30.2 Å². The highest BCUT2D eigenvalue weighted by atomic mass is 16.5. The van der Waals surface area contributed by atoms with Gasteiger partial charge in [0.2, 0.25) is 5.88 Å². The zero-order valence-corrected chi connectivity index (χ0v) is 15.9. The van der Waals surface area contributed by atoms with Crippen LogP contribution in [0.25, 0.3) is 11.3 Å². The zero-order valence-electron chi connectivity index (χ0n) is 15.9. The van der Waals surface area contributed by atoms with Crippen LogP contribution in [0.5, 0.6) is 5.88 Å². The smallest absolute Gasteiger partial charge is 0.251 e. The molecule has 0 bridgehead atoms. The van der Waals surface area contributed by atoms with Crippen LogP contribution in [0.2, 0.25) is 0 Å². The Kier molecular flexibility index (Phi) is 6.76. The van der Waals surface area contributed by atoms with Crippen molar-refractivity contribution in [2.75, 3.05) is 19.8 Å². The van der Waals surface area contributed by atoms with Gasteiger partial charge in [-0.1, -0.05) is 48.0 Å². The Morgan fingerprint density at radius 3 is 2.71 bits per heavy atom. The number of nitrogens with zero attached hydrogens (tertiary/aromatic N) is 1. The Hall–Kier alpha value is -3.18. The van der Waals surface area contributed by atoms with Crippen molar-refractivity contribution in [2.24, 2.45) is 0 Å². The van der Waals surface area contributed by atoms with Crippen molar-refractivity contribution in [1.82, 2.24) is 10.3 Å². The lowest BCUT2D eigenvalue weighted by atomic mass is 10.1. The summed E-state index contributed by atoms with van der Waals surface area (Å²) in [6.45, 7) is 2.76. The van der Waals surface area contributed by atoms with Gasteiger partial charge in [-0.3, -0.25) is 4.79 Å². The molecule has 2 aromatic carbocycles. The van der Waals surface area contributed by atoms with Crippen LogP contribution in [-0.2, 0) is 6.42 Å². The van der Waals surface area contributed by atoms with E-state index in [1.54, 1.807) is 12.1 Å². The van der Waals surface area contributed by atoms with E-state index in [4.69, 9.17) is 9.84 Å². The van der Waals surface area contributed by atoms with Gasteiger partial charge in [0.05, 0.1) is 18.9 Å². The summed E-state index contributed by atoms with van der Waals surface area (Å²) in [6, 6.07) is 21.2. The third-order valence-electron chi connectivity index (χ3n) is 4.26. The molecule has 0 spiro atoms. The molecule has 0 saturated heterocycles. The van der Waals surface area contributed by atoms with E-state index in [0.717, 1.165) is 17.7 Å². The first-order valence-electron chi connectivity index (χ1n) is 9.30. The third-order valence-corrected chi connectivity index (χ3v) is 4.26. The SMILES string of the molecule is Cc1cccc(CCOc2cccc(-c3cccc(C(=O)NCCO)c3)n2)c1. The first-order chi connectivity index (χ1) is 13.7. The molecule has 0 aliphatic rings. The molecule has 0 fully saturated rings. The van der Waals surface area contributed by atoms with E-state index in [-0.39, 0.29) is 19.1 Å². The number of ether oxygens (including phenoxy) is 1. The lowest BCUT2D eigenvalue weighted by molar-refractivity contribution is 0.0945. The van der Waals surface area contributed by atoms with E-state index in [9.17, 15) is 4.79 Å². The molecule has 0 saturated carbocycles. The Bertz CT molecular complexity index is 940. The van der Waals surface area contributed by atoms with Crippen LogP contribution in [0.15, 0.2) is 66.7 Å². The van der Waals surface area contributed by atoms with Crippen molar-refractivity contribution in [2.45, 2.75) is 13.3 Å². The number of amides is 1. The molecule has 5 nitrogen and oxygen atoms in total. The number of carbonyl (C=O) groups is 1. The van der Waals surface area contributed by atoms with E-state index in [1.807, 2.05) is 36.4 Å². The summed E-state index contributed by atoms with van der Waals surface area (Å²) in [5.41, 5.74) is 4.57. The number of nitrogens with one attached hydrogen (secondary N) is 1. The van der Waals surface area contributed by atoms with Crippen LogP contribution >= 0.6 is 0 Å². The van der Waals surface area contributed by atoms with Gasteiger partial charge >= 0.3 is 0 Å². The lowest BCUT2D eigenvalue weighted by Gasteiger charge is -2.09.